The van der Waals surface area contributed by atoms with E-state index < -0.39 is 0 Å². The van der Waals surface area contributed by atoms with E-state index in [0.29, 0.717) is 16.8 Å². The van der Waals surface area contributed by atoms with Gasteiger partial charge in [0.2, 0.25) is 5.91 Å². The van der Waals surface area contributed by atoms with E-state index in [2.05, 4.69) is 20.5 Å². The van der Waals surface area contributed by atoms with Crippen molar-refractivity contribution in [2.75, 3.05) is 12.3 Å². The van der Waals surface area contributed by atoms with Crippen LogP contribution >= 0.6 is 11.8 Å². The first kappa shape index (κ1) is 19.6. The van der Waals surface area contributed by atoms with Gasteiger partial charge >= 0.3 is 0 Å². The quantitative estimate of drug-likeness (QED) is 0.597. The molecule has 3 aromatic rings. The summed E-state index contributed by atoms with van der Waals surface area (Å²) in [5, 5.41) is 12.5. The van der Waals surface area contributed by atoms with Crippen molar-refractivity contribution in [2.45, 2.75) is 37.3 Å². The summed E-state index contributed by atoms with van der Waals surface area (Å²) in [6.07, 6.45) is 9.86. The number of benzene rings is 1. The zero-order chi connectivity index (χ0) is 19.9. The number of carbonyl (C=O) groups is 1. The molecule has 29 heavy (non-hydrogen) atoms. The highest BCUT2D eigenvalue weighted by Gasteiger charge is 2.18. The number of hydrogen-bond acceptors (Lipinski definition) is 5. The summed E-state index contributed by atoms with van der Waals surface area (Å²) in [4.78, 5) is 16.6. The summed E-state index contributed by atoms with van der Waals surface area (Å²) < 4.78 is 1.98. The van der Waals surface area contributed by atoms with E-state index in [4.69, 9.17) is 0 Å². The molecule has 1 aliphatic carbocycles. The summed E-state index contributed by atoms with van der Waals surface area (Å²) in [6.45, 7) is 0.783. The lowest BCUT2D eigenvalue weighted by Gasteiger charge is -2.21. The average molecular weight is 408 g/mol. The lowest BCUT2D eigenvalue weighted by molar-refractivity contribution is -0.118. The van der Waals surface area contributed by atoms with E-state index in [1.54, 1.807) is 12.4 Å². The molecule has 0 spiro atoms. The molecule has 2 heterocycles. The van der Waals surface area contributed by atoms with Crippen LogP contribution < -0.4 is 5.32 Å². The van der Waals surface area contributed by atoms with Gasteiger partial charge in [-0.3, -0.25) is 14.3 Å². The first-order valence-corrected chi connectivity index (χ1v) is 11.1. The minimum Gasteiger partial charge on any atom is -0.355 e. The highest BCUT2D eigenvalue weighted by atomic mass is 32.2. The van der Waals surface area contributed by atoms with Crippen molar-refractivity contribution in [1.82, 2.24) is 25.1 Å². The molecular weight excluding hydrogens is 382 g/mol. The van der Waals surface area contributed by atoms with Crippen LogP contribution in [-0.4, -0.2) is 38.0 Å². The van der Waals surface area contributed by atoms with Gasteiger partial charge in [-0.05, 0) is 43.0 Å². The number of nitrogens with one attached hydrogen (secondary N) is 1. The summed E-state index contributed by atoms with van der Waals surface area (Å²) in [6, 6.07) is 13.8. The van der Waals surface area contributed by atoms with Crippen LogP contribution in [0.25, 0.3) is 17.1 Å². The van der Waals surface area contributed by atoms with Crippen molar-refractivity contribution < 1.29 is 4.79 Å². The second kappa shape index (κ2) is 9.69. The topological polar surface area (TPSA) is 72.7 Å². The molecule has 7 heteroatoms. The standard InChI is InChI=1S/C22H25N5OS/c28-20(24-14-17-8-3-1-4-9-17)16-29-22-26-25-21(18-10-7-13-23-15-18)27(22)19-11-5-2-6-12-19/h2,5-7,10-13,15,17H,1,3-4,8-9,14,16H2,(H,24,28). The van der Waals surface area contributed by atoms with Crippen LogP contribution in [0.3, 0.4) is 0 Å². The Hall–Kier alpha value is -2.67. The molecule has 0 unspecified atom stereocenters. The molecule has 0 atom stereocenters. The molecule has 1 fully saturated rings. The van der Waals surface area contributed by atoms with E-state index >= 15 is 0 Å². The van der Waals surface area contributed by atoms with Crippen molar-refractivity contribution in [3.63, 3.8) is 0 Å². The normalized spacial score (nSPS) is 14.6. The summed E-state index contributed by atoms with van der Waals surface area (Å²) in [5.41, 5.74) is 1.85. The predicted octanol–water partition coefficient (Wildman–Crippen LogP) is 4.12. The fraction of sp³-hybridized carbons (Fsp3) is 0.364. The highest BCUT2D eigenvalue weighted by molar-refractivity contribution is 7.99. The van der Waals surface area contributed by atoms with Crippen LogP contribution in [-0.2, 0) is 4.79 Å². The van der Waals surface area contributed by atoms with Gasteiger partial charge in [0, 0.05) is 30.2 Å². The van der Waals surface area contributed by atoms with Gasteiger partial charge in [0.25, 0.3) is 0 Å². The van der Waals surface area contributed by atoms with Crippen molar-refractivity contribution in [2.24, 2.45) is 5.92 Å². The number of hydrogen-bond donors (Lipinski definition) is 1. The number of amides is 1. The molecule has 1 aromatic carbocycles. The Morgan fingerprint density at radius 2 is 1.90 bits per heavy atom. The Morgan fingerprint density at radius 3 is 2.66 bits per heavy atom. The molecule has 4 rings (SSSR count). The SMILES string of the molecule is O=C(CSc1nnc(-c2cccnc2)n1-c1ccccc1)NCC1CCCCC1. The monoisotopic (exact) mass is 407 g/mol. The maximum atomic E-state index is 12.4. The predicted molar refractivity (Wildman–Crippen MR) is 115 cm³/mol. The van der Waals surface area contributed by atoms with Crippen LogP contribution in [0.1, 0.15) is 32.1 Å². The number of aromatic nitrogens is 4. The number of pyridine rings is 1. The smallest absolute Gasteiger partial charge is 0.230 e. The maximum Gasteiger partial charge on any atom is 0.230 e. The van der Waals surface area contributed by atoms with Gasteiger partial charge in [0.1, 0.15) is 0 Å². The Bertz CT molecular complexity index is 923. The molecule has 6 nitrogen and oxygen atoms in total. The zero-order valence-corrected chi connectivity index (χ0v) is 17.1. The van der Waals surface area contributed by atoms with Crippen LogP contribution in [0.4, 0.5) is 0 Å². The number of thioether (sulfide) groups is 1. The number of nitrogens with zero attached hydrogens (tertiary/aromatic N) is 4. The van der Waals surface area contributed by atoms with Crippen LogP contribution in [0.15, 0.2) is 60.0 Å². The van der Waals surface area contributed by atoms with E-state index in [0.717, 1.165) is 23.6 Å². The van der Waals surface area contributed by atoms with Gasteiger partial charge in [-0.15, -0.1) is 10.2 Å². The summed E-state index contributed by atoms with van der Waals surface area (Å²) in [7, 11) is 0. The van der Waals surface area contributed by atoms with E-state index in [9.17, 15) is 4.79 Å². The van der Waals surface area contributed by atoms with Gasteiger partial charge in [0.05, 0.1) is 5.75 Å². The lowest BCUT2D eigenvalue weighted by Crippen LogP contribution is -2.31. The molecule has 2 aromatic heterocycles. The Morgan fingerprint density at radius 1 is 1.07 bits per heavy atom. The lowest BCUT2D eigenvalue weighted by atomic mass is 9.89. The fourth-order valence-electron chi connectivity index (χ4n) is 3.69. The van der Waals surface area contributed by atoms with Crippen molar-refractivity contribution in [3.05, 3.63) is 54.9 Å². The van der Waals surface area contributed by atoms with Gasteiger partial charge < -0.3 is 5.32 Å². The third-order valence-electron chi connectivity index (χ3n) is 5.21. The summed E-state index contributed by atoms with van der Waals surface area (Å²) in [5.74, 6) is 1.72. The number of rotatable bonds is 7. The van der Waals surface area contributed by atoms with E-state index in [1.165, 1.54) is 43.9 Å². The molecule has 1 N–H and O–H groups in total. The second-order valence-corrected chi connectivity index (χ2v) is 8.26. The fourth-order valence-corrected chi connectivity index (χ4v) is 4.47. The summed E-state index contributed by atoms with van der Waals surface area (Å²) >= 11 is 1.41. The largest absolute Gasteiger partial charge is 0.355 e. The number of carbonyl (C=O) groups excluding carboxylic acids is 1. The number of para-hydroxylation sites is 1. The van der Waals surface area contributed by atoms with Gasteiger partial charge in [-0.25, -0.2) is 0 Å². The van der Waals surface area contributed by atoms with Crippen molar-refractivity contribution >= 4 is 17.7 Å². The molecule has 150 valence electrons. The first-order valence-electron chi connectivity index (χ1n) is 10.1. The average Bonchev–Trinajstić information content (AvgIpc) is 3.22. The molecular formula is C22H25N5OS. The van der Waals surface area contributed by atoms with Crippen LogP contribution in [0.5, 0.6) is 0 Å². The Kier molecular flexibility index (Phi) is 6.56. The Labute approximate surface area is 175 Å². The molecule has 0 aliphatic heterocycles. The minimum absolute atomic E-state index is 0.0473. The van der Waals surface area contributed by atoms with Gasteiger partial charge in [0.15, 0.2) is 11.0 Å². The zero-order valence-electron chi connectivity index (χ0n) is 16.3. The molecule has 0 bridgehead atoms. The third-order valence-corrected chi connectivity index (χ3v) is 6.14. The van der Waals surface area contributed by atoms with Crippen LogP contribution in [0.2, 0.25) is 0 Å². The minimum atomic E-state index is 0.0473. The van der Waals surface area contributed by atoms with Crippen LogP contribution in [0, 0.1) is 5.92 Å². The third kappa shape index (κ3) is 5.03. The highest BCUT2D eigenvalue weighted by Crippen LogP contribution is 2.27. The molecule has 1 saturated carbocycles. The molecule has 1 aliphatic rings. The molecule has 1 amide bonds. The van der Waals surface area contributed by atoms with E-state index in [1.807, 2.05) is 47.0 Å². The first-order chi connectivity index (χ1) is 14.3. The van der Waals surface area contributed by atoms with Gasteiger partial charge in [-0.2, -0.15) is 0 Å². The van der Waals surface area contributed by atoms with Crippen molar-refractivity contribution in [3.8, 4) is 17.1 Å². The van der Waals surface area contributed by atoms with E-state index in [-0.39, 0.29) is 5.91 Å². The molecule has 0 radical (unpaired) electrons. The molecule has 0 saturated heterocycles. The second-order valence-electron chi connectivity index (χ2n) is 7.32. The maximum absolute atomic E-state index is 12.4. The van der Waals surface area contributed by atoms with Gasteiger partial charge in [-0.1, -0.05) is 49.2 Å². The Balaban J connectivity index is 1.47. The van der Waals surface area contributed by atoms with Crippen molar-refractivity contribution in [1.29, 1.82) is 0 Å².